The topological polar surface area (TPSA) is 50.4 Å². The van der Waals surface area contributed by atoms with Gasteiger partial charge in [-0.05, 0) is 69.8 Å². The highest BCUT2D eigenvalue weighted by molar-refractivity contribution is 5.94. The highest BCUT2D eigenvalue weighted by Crippen LogP contribution is 2.24. The number of carbonyl (C=O) groups is 1. The summed E-state index contributed by atoms with van der Waals surface area (Å²) in [7, 11) is 0. The highest BCUT2D eigenvalue weighted by atomic mass is 16.5. The lowest BCUT2D eigenvalue weighted by Crippen LogP contribution is -2.42. The third kappa shape index (κ3) is 3.97. The summed E-state index contributed by atoms with van der Waals surface area (Å²) in [6.45, 7) is 1.96. The lowest BCUT2D eigenvalue weighted by Gasteiger charge is -2.23. The summed E-state index contributed by atoms with van der Waals surface area (Å²) in [5.74, 6) is 0.832. The van der Waals surface area contributed by atoms with Crippen molar-refractivity contribution in [2.45, 2.75) is 50.7 Å². The average Bonchev–Trinajstić information content (AvgIpc) is 3.01. The minimum Gasteiger partial charge on any atom is -0.490 e. The van der Waals surface area contributed by atoms with Crippen molar-refractivity contribution in [2.75, 3.05) is 13.1 Å². The van der Waals surface area contributed by atoms with Crippen LogP contribution in [0.3, 0.4) is 0 Å². The minimum atomic E-state index is 0.0128. The number of hydrogen-bond acceptors (Lipinski definition) is 3. The Labute approximate surface area is 126 Å². The van der Waals surface area contributed by atoms with Gasteiger partial charge in [0.2, 0.25) is 0 Å². The maximum absolute atomic E-state index is 12.3. The van der Waals surface area contributed by atoms with Crippen molar-refractivity contribution < 1.29 is 9.53 Å². The molecule has 1 aromatic carbocycles. The van der Waals surface area contributed by atoms with Gasteiger partial charge >= 0.3 is 0 Å². The molecule has 0 radical (unpaired) electrons. The number of hydrogen-bond donors (Lipinski definition) is 2. The molecule has 1 aliphatic heterocycles. The van der Waals surface area contributed by atoms with Crippen LogP contribution in [-0.2, 0) is 0 Å². The molecule has 4 heteroatoms. The van der Waals surface area contributed by atoms with Gasteiger partial charge in [0, 0.05) is 11.6 Å². The molecule has 2 aliphatic rings. The molecule has 1 amide bonds. The molecule has 1 saturated heterocycles. The molecular formula is C17H24N2O2. The molecule has 114 valence electrons. The number of benzene rings is 1. The zero-order valence-electron chi connectivity index (χ0n) is 12.4. The van der Waals surface area contributed by atoms with Crippen LogP contribution in [0.5, 0.6) is 5.75 Å². The van der Waals surface area contributed by atoms with Crippen LogP contribution < -0.4 is 15.4 Å². The zero-order valence-corrected chi connectivity index (χ0v) is 12.4. The van der Waals surface area contributed by atoms with E-state index in [-0.39, 0.29) is 11.9 Å². The Morgan fingerprint density at radius 3 is 2.67 bits per heavy atom. The first kappa shape index (κ1) is 14.4. The third-order valence-electron chi connectivity index (χ3n) is 4.38. The first-order chi connectivity index (χ1) is 10.3. The number of ether oxygens (including phenoxy) is 1. The molecule has 0 unspecified atom stereocenters. The zero-order chi connectivity index (χ0) is 14.5. The van der Waals surface area contributed by atoms with Crippen molar-refractivity contribution in [1.29, 1.82) is 0 Å². The summed E-state index contributed by atoms with van der Waals surface area (Å²) in [5, 5.41) is 6.43. The van der Waals surface area contributed by atoms with Crippen molar-refractivity contribution in [3.8, 4) is 5.75 Å². The maximum Gasteiger partial charge on any atom is 0.251 e. The third-order valence-corrected chi connectivity index (χ3v) is 4.38. The number of rotatable bonds is 4. The van der Waals surface area contributed by atoms with E-state index in [1.165, 1.54) is 12.8 Å². The van der Waals surface area contributed by atoms with E-state index < -0.39 is 0 Å². The average molecular weight is 288 g/mol. The van der Waals surface area contributed by atoms with E-state index in [1.807, 2.05) is 24.3 Å². The van der Waals surface area contributed by atoms with E-state index in [9.17, 15) is 4.79 Å². The number of nitrogens with one attached hydrogen (secondary N) is 2. The number of piperidine rings is 1. The number of amides is 1. The lowest BCUT2D eigenvalue weighted by molar-refractivity contribution is 0.0928. The van der Waals surface area contributed by atoms with E-state index in [0.717, 1.165) is 44.5 Å². The Morgan fingerprint density at radius 1 is 1.14 bits per heavy atom. The second-order valence-electron chi connectivity index (χ2n) is 6.05. The van der Waals surface area contributed by atoms with Gasteiger partial charge < -0.3 is 15.4 Å². The van der Waals surface area contributed by atoms with Gasteiger partial charge in [0.05, 0.1) is 6.10 Å². The molecule has 0 atom stereocenters. The van der Waals surface area contributed by atoms with Crippen molar-refractivity contribution in [3.63, 3.8) is 0 Å². The Morgan fingerprint density at radius 2 is 1.90 bits per heavy atom. The summed E-state index contributed by atoms with van der Waals surface area (Å²) in [6, 6.07) is 7.87. The monoisotopic (exact) mass is 288 g/mol. The van der Waals surface area contributed by atoms with Crippen LogP contribution >= 0.6 is 0 Å². The van der Waals surface area contributed by atoms with Gasteiger partial charge in [-0.2, -0.15) is 0 Å². The van der Waals surface area contributed by atoms with E-state index in [4.69, 9.17) is 4.74 Å². The molecule has 2 fully saturated rings. The van der Waals surface area contributed by atoms with Gasteiger partial charge in [-0.3, -0.25) is 4.79 Å². The van der Waals surface area contributed by atoms with Gasteiger partial charge in [-0.1, -0.05) is 6.07 Å². The molecule has 0 aromatic heterocycles. The van der Waals surface area contributed by atoms with Crippen LogP contribution in [0.2, 0.25) is 0 Å². The van der Waals surface area contributed by atoms with E-state index in [2.05, 4.69) is 10.6 Å². The van der Waals surface area contributed by atoms with Gasteiger partial charge in [0.1, 0.15) is 5.75 Å². The molecule has 0 bridgehead atoms. The summed E-state index contributed by atoms with van der Waals surface area (Å²) in [5.41, 5.74) is 0.698. The standard InChI is InChI=1S/C17H24N2O2/c20-17(19-14-8-10-18-11-9-14)13-4-3-7-16(12-13)21-15-5-1-2-6-15/h3-4,7,12,14-15,18H,1-2,5-6,8-11H2,(H,19,20). The summed E-state index contributed by atoms with van der Waals surface area (Å²) in [6.07, 6.45) is 7.10. The molecule has 1 aliphatic carbocycles. The summed E-state index contributed by atoms with van der Waals surface area (Å²) >= 11 is 0. The van der Waals surface area contributed by atoms with Crippen LogP contribution in [0.25, 0.3) is 0 Å². The second-order valence-corrected chi connectivity index (χ2v) is 6.05. The Balaban J connectivity index is 1.59. The fourth-order valence-electron chi connectivity index (χ4n) is 3.14. The van der Waals surface area contributed by atoms with Crippen LogP contribution in [0.1, 0.15) is 48.9 Å². The largest absolute Gasteiger partial charge is 0.490 e. The van der Waals surface area contributed by atoms with E-state index in [0.29, 0.717) is 11.7 Å². The quantitative estimate of drug-likeness (QED) is 0.895. The Bertz CT molecular complexity index is 477. The fourth-order valence-corrected chi connectivity index (χ4v) is 3.14. The summed E-state index contributed by atoms with van der Waals surface area (Å²) in [4.78, 5) is 12.3. The van der Waals surface area contributed by atoms with Gasteiger partial charge in [0.25, 0.3) is 5.91 Å². The molecule has 21 heavy (non-hydrogen) atoms. The molecule has 1 heterocycles. The normalized spacial score (nSPS) is 20.4. The first-order valence-electron chi connectivity index (χ1n) is 8.09. The molecule has 2 N–H and O–H groups in total. The molecule has 3 rings (SSSR count). The van der Waals surface area contributed by atoms with E-state index in [1.54, 1.807) is 0 Å². The smallest absolute Gasteiger partial charge is 0.251 e. The Kier molecular flexibility index (Phi) is 4.76. The predicted molar refractivity (Wildman–Crippen MR) is 82.7 cm³/mol. The minimum absolute atomic E-state index is 0.0128. The fraction of sp³-hybridized carbons (Fsp3) is 0.588. The van der Waals surface area contributed by atoms with Crippen LogP contribution in [0.15, 0.2) is 24.3 Å². The van der Waals surface area contributed by atoms with Gasteiger partial charge in [-0.25, -0.2) is 0 Å². The molecular weight excluding hydrogens is 264 g/mol. The van der Waals surface area contributed by atoms with Crippen LogP contribution in [0, 0.1) is 0 Å². The molecule has 1 aromatic rings. The molecule has 1 saturated carbocycles. The molecule has 4 nitrogen and oxygen atoms in total. The van der Waals surface area contributed by atoms with Crippen molar-refractivity contribution >= 4 is 5.91 Å². The van der Waals surface area contributed by atoms with Gasteiger partial charge in [0.15, 0.2) is 0 Å². The molecule has 0 spiro atoms. The number of carbonyl (C=O) groups excluding carboxylic acids is 1. The van der Waals surface area contributed by atoms with Crippen molar-refractivity contribution in [1.82, 2.24) is 10.6 Å². The predicted octanol–water partition coefficient (Wildman–Crippen LogP) is 2.49. The van der Waals surface area contributed by atoms with Crippen molar-refractivity contribution in [2.24, 2.45) is 0 Å². The SMILES string of the molecule is O=C(NC1CCNCC1)c1cccc(OC2CCCC2)c1. The second kappa shape index (κ2) is 6.94. The first-order valence-corrected chi connectivity index (χ1v) is 8.09. The van der Waals surface area contributed by atoms with Crippen LogP contribution in [-0.4, -0.2) is 31.1 Å². The lowest BCUT2D eigenvalue weighted by atomic mass is 10.1. The van der Waals surface area contributed by atoms with Crippen LogP contribution in [0.4, 0.5) is 0 Å². The Hall–Kier alpha value is -1.55. The van der Waals surface area contributed by atoms with Gasteiger partial charge in [-0.15, -0.1) is 0 Å². The summed E-state index contributed by atoms with van der Waals surface area (Å²) < 4.78 is 5.97. The van der Waals surface area contributed by atoms with E-state index >= 15 is 0 Å². The van der Waals surface area contributed by atoms with Crippen molar-refractivity contribution in [3.05, 3.63) is 29.8 Å². The maximum atomic E-state index is 12.3. The highest BCUT2D eigenvalue weighted by Gasteiger charge is 2.18.